The number of nitrogens with two attached hydrogens (primary N) is 1. The Balaban J connectivity index is 1.39. The van der Waals surface area contributed by atoms with Crippen molar-refractivity contribution in [3.05, 3.63) is 47.0 Å². The van der Waals surface area contributed by atoms with E-state index in [0.717, 1.165) is 0 Å². The number of aromatic nitrogens is 4. The summed E-state index contributed by atoms with van der Waals surface area (Å²) < 4.78 is 13.1. The molecule has 1 aromatic carbocycles. The fourth-order valence-electron chi connectivity index (χ4n) is 4.48. The number of nitrogens with one attached hydrogen (secondary N) is 4. The normalized spacial score (nSPS) is 25.2. The summed E-state index contributed by atoms with van der Waals surface area (Å²) in [5.41, 5.74) is 15.2. The quantitative estimate of drug-likeness (QED) is 0.126. The molecule has 2 saturated heterocycles. The number of halogens is 1. The molecular formula is C21H24ClN9O8. The van der Waals surface area contributed by atoms with Gasteiger partial charge >= 0.3 is 11.9 Å². The molecule has 0 amide bonds. The van der Waals surface area contributed by atoms with Gasteiger partial charge in [0.2, 0.25) is 5.28 Å². The van der Waals surface area contributed by atoms with Crippen LogP contribution in [0.25, 0.3) is 11.2 Å². The number of carboxylic acids is 2. The number of imidazole rings is 1. The number of benzene rings is 1. The zero-order valence-electron chi connectivity index (χ0n) is 19.9. The zero-order valence-corrected chi connectivity index (χ0v) is 20.6. The van der Waals surface area contributed by atoms with Gasteiger partial charge in [-0.2, -0.15) is 21.0 Å². The molecule has 0 bridgehead atoms. The minimum Gasteiger partial charge on any atom is -0.479 e. The number of nitrogens with zero attached hydrogens (tertiary/aromatic N) is 4. The number of aromatic carboxylic acids is 1. The lowest BCUT2D eigenvalue weighted by Gasteiger charge is -2.35. The van der Waals surface area contributed by atoms with Crippen LogP contribution >= 0.6 is 11.6 Å². The standard InChI is InChI=1S/C21H24ClN9O8/c22-20-25-14(23)11-15(26-20)31(7-24-11)16-13(33)12(32)10(39-16)6-38-21(19(36)37,18-27-29-30-28-18)5-8-1-3-9(4-2-8)17(34)35/h1-4,7,10,12-13,16,18,27-30,32-33H,5-6H2,(H,34,35)(H,36,37)(H2,23,25,26)/t10-,12-,13-,16-,21?/m1/s1. The molecule has 2 aliphatic heterocycles. The number of hydrogen-bond donors (Lipinski definition) is 9. The van der Waals surface area contributed by atoms with Crippen LogP contribution in [0.5, 0.6) is 0 Å². The van der Waals surface area contributed by atoms with E-state index in [1.54, 1.807) is 0 Å². The minimum absolute atomic E-state index is 0.0121. The number of fused-ring (bicyclic) bond motifs is 1. The molecule has 208 valence electrons. The molecule has 2 aliphatic rings. The number of carbonyl (C=O) groups is 2. The second-order valence-corrected chi connectivity index (χ2v) is 9.24. The van der Waals surface area contributed by atoms with Gasteiger partial charge in [-0.25, -0.2) is 25.4 Å². The number of aliphatic carboxylic acids is 1. The van der Waals surface area contributed by atoms with Crippen LogP contribution in [-0.4, -0.2) is 88.6 Å². The van der Waals surface area contributed by atoms with Gasteiger partial charge in [0.05, 0.1) is 18.5 Å². The maximum atomic E-state index is 12.6. The van der Waals surface area contributed by atoms with E-state index in [1.165, 1.54) is 35.2 Å². The Bertz CT molecular complexity index is 1390. The Labute approximate surface area is 223 Å². The molecule has 0 aliphatic carbocycles. The number of aliphatic hydroxyl groups excluding tert-OH is 2. The number of carboxylic acid groups (broad SMARTS) is 2. The molecule has 39 heavy (non-hydrogen) atoms. The van der Waals surface area contributed by atoms with Gasteiger partial charge < -0.3 is 35.6 Å². The molecule has 1 unspecified atom stereocenters. The van der Waals surface area contributed by atoms with E-state index < -0.39 is 54.9 Å². The van der Waals surface area contributed by atoms with Crippen LogP contribution in [0.15, 0.2) is 30.6 Å². The molecule has 0 radical (unpaired) electrons. The number of hydrogen-bond acceptors (Lipinski definition) is 14. The molecular weight excluding hydrogens is 542 g/mol. The highest BCUT2D eigenvalue weighted by Crippen LogP contribution is 2.34. The van der Waals surface area contributed by atoms with Gasteiger partial charge in [-0.1, -0.05) is 12.1 Å². The molecule has 3 aromatic rings. The summed E-state index contributed by atoms with van der Waals surface area (Å²) in [5, 5.41) is 40.8. The summed E-state index contributed by atoms with van der Waals surface area (Å²) >= 11 is 5.91. The van der Waals surface area contributed by atoms with Crippen LogP contribution in [0.3, 0.4) is 0 Å². The Morgan fingerprint density at radius 3 is 2.46 bits per heavy atom. The number of anilines is 1. The van der Waals surface area contributed by atoms with Crippen molar-refractivity contribution >= 4 is 40.5 Å². The van der Waals surface area contributed by atoms with E-state index in [9.17, 15) is 24.9 Å². The van der Waals surface area contributed by atoms with Gasteiger partial charge in [-0.3, -0.25) is 4.57 Å². The summed E-state index contributed by atoms with van der Waals surface area (Å²) in [7, 11) is 0. The number of rotatable bonds is 9. The van der Waals surface area contributed by atoms with E-state index in [1.807, 2.05) is 0 Å². The molecule has 0 saturated carbocycles. The topological polar surface area (TPSA) is 251 Å². The van der Waals surface area contributed by atoms with E-state index in [0.29, 0.717) is 5.56 Å². The molecule has 0 spiro atoms. The van der Waals surface area contributed by atoms with Crippen molar-refractivity contribution in [1.82, 2.24) is 41.4 Å². The summed E-state index contributed by atoms with van der Waals surface area (Å²) in [6, 6.07) is 5.64. The van der Waals surface area contributed by atoms with Crippen LogP contribution in [0.4, 0.5) is 5.82 Å². The lowest BCUT2D eigenvalue weighted by atomic mass is 9.90. The first-order valence-corrected chi connectivity index (χ1v) is 11.9. The fourth-order valence-corrected chi connectivity index (χ4v) is 4.65. The average Bonchev–Trinajstić information content (AvgIpc) is 3.63. The van der Waals surface area contributed by atoms with Gasteiger partial charge in [0, 0.05) is 6.42 Å². The van der Waals surface area contributed by atoms with Crippen LogP contribution in [0.2, 0.25) is 5.28 Å². The Hall–Kier alpha value is -3.52. The molecule has 4 heterocycles. The summed E-state index contributed by atoms with van der Waals surface area (Å²) in [5.74, 6) is -2.48. The van der Waals surface area contributed by atoms with Crippen molar-refractivity contribution in [3.8, 4) is 0 Å². The third-order valence-corrected chi connectivity index (χ3v) is 6.70. The highest BCUT2D eigenvalue weighted by molar-refractivity contribution is 6.28. The molecule has 18 heteroatoms. The maximum Gasteiger partial charge on any atom is 0.339 e. The SMILES string of the molecule is Nc1nc(Cl)nc2c1ncn2[C@@H]1O[C@H](COC(Cc2ccc(C(=O)O)cc2)(C(=O)O)C2NNNN2)[C@@H](O)[C@H]1O. The van der Waals surface area contributed by atoms with Crippen LogP contribution in [0, 0.1) is 0 Å². The van der Waals surface area contributed by atoms with E-state index in [-0.39, 0.29) is 34.2 Å². The highest BCUT2D eigenvalue weighted by Gasteiger charge is 2.52. The first-order valence-electron chi connectivity index (χ1n) is 11.5. The lowest BCUT2D eigenvalue weighted by molar-refractivity contribution is -0.180. The first-order chi connectivity index (χ1) is 18.6. The highest BCUT2D eigenvalue weighted by atomic mass is 35.5. The predicted octanol–water partition coefficient (Wildman–Crippen LogP) is -2.09. The molecule has 2 aromatic heterocycles. The smallest absolute Gasteiger partial charge is 0.339 e. The maximum absolute atomic E-state index is 12.6. The van der Waals surface area contributed by atoms with Gasteiger partial charge in [0.25, 0.3) is 0 Å². The van der Waals surface area contributed by atoms with Crippen molar-refractivity contribution < 1.29 is 39.5 Å². The third-order valence-electron chi connectivity index (χ3n) is 6.53. The number of hydrazine groups is 3. The second-order valence-electron chi connectivity index (χ2n) is 8.90. The lowest BCUT2D eigenvalue weighted by Crippen LogP contribution is -2.63. The number of nitrogen functional groups attached to an aromatic ring is 1. The van der Waals surface area contributed by atoms with E-state index in [2.05, 4.69) is 36.9 Å². The fraction of sp³-hybridized carbons (Fsp3) is 0.381. The van der Waals surface area contributed by atoms with Crippen LogP contribution in [-0.2, 0) is 20.7 Å². The van der Waals surface area contributed by atoms with E-state index in [4.69, 9.17) is 31.9 Å². The predicted molar refractivity (Wildman–Crippen MR) is 130 cm³/mol. The zero-order chi connectivity index (χ0) is 27.9. The van der Waals surface area contributed by atoms with Gasteiger partial charge in [0.15, 0.2) is 23.3 Å². The third kappa shape index (κ3) is 4.98. The molecule has 17 nitrogen and oxygen atoms in total. The number of ether oxygens (including phenoxy) is 2. The Morgan fingerprint density at radius 1 is 1.13 bits per heavy atom. The summed E-state index contributed by atoms with van der Waals surface area (Å²) in [4.78, 5) is 35.9. The van der Waals surface area contributed by atoms with Crippen molar-refractivity contribution in [3.63, 3.8) is 0 Å². The van der Waals surface area contributed by atoms with Crippen LogP contribution in [0.1, 0.15) is 22.1 Å². The summed E-state index contributed by atoms with van der Waals surface area (Å²) in [6.07, 6.45) is -5.27. The Morgan fingerprint density at radius 2 is 1.82 bits per heavy atom. The summed E-state index contributed by atoms with van der Waals surface area (Å²) in [6.45, 7) is -0.460. The average molecular weight is 566 g/mol. The number of aliphatic hydroxyl groups is 2. The second kappa shape index (κ2) is 10.6. The van der Waals surface area contributed by atoms with Crippen molar-refractivity contribution in [1.29, 1.82) is 0 Å². The van der Waals surface area contributed by atoms with Crippen LogP contribution < -0.4 is 27.7 Å². The van der Waals surface area contributed by atoms with E-state index >= 15 is 0 Å². The molecule has 5 atom stereocenters. The monoisotopic (exact) mass is 565 g/mol. The molecule has 2 fully saturated rings. The van der Waals surface area contributed by atoms with Gasteiger partial charge in [-0.05, 0) is 29.3 Å². The van der Waals surface area contributed by atoms with Crippen molar-refractivity contribution in [2.45, 2.75) is 42.7 Å². The largest absolute Gasteiger partial charge is 0.479 e. The van der Waals surface area contributed by atoms with Crippen molar-refractivity contribution in [2.75, 3.05) is 12.3 Å². The molecule has 5 rings (SSSR count). The van der Waals surface area contributed by atoms with Crippen molar-refractivity contribution in [2.24, 2.45) is 0 Å². The van der Waals surface area contributed by atoms with Gasteiger partial charge in [-0.15, -0.1) is 0 Å². The molecule has 10 N–H and O–H groups in total. The van der Waals surface area contributed by atoms with Gasteiger partial charge in [0.1, 0.15) is 30.0 Å². The Kier molecular flexibility index (Phi) is 7.33. The minimum atomic E-state index is -2.00. The first kappa shape index (κ1) is 27.1.